The number of non-ortho nitro benzene ring substituents is 1. The zero-order chi connectivity index (χ0) is 13.3. The molecule has 0 aliphatic heterocycles. The maximum atomic E-state index is 10.6. The van der Waals surface area contributed by atoms with E-state index < -0.39 is 15.9 Å². The SMILES string of the molecule is N#C[C@@H](c1nc2ccc([N+](=O)[O-])cc2[nH]1)[N+](=O)[O-]. The number of benzene rings is 1. The summed E-state index contributed by atoms with van der Waals surface area (Å²) in [7, 11) is 0. The zero-order valence-electron chi connectivity index (χ0n) is 8.73. The fourth-order valence-electron chi connectivity index (χ4n) is 1.47. The fraction of sp³-hybridized carbons (Fsp3) is 0.111. The third-order valence-electron chi connectivity index (χ3n) is 2.29. The van der Waals surface area contributed by atoms with Gasteiger partial charge in [0.05, 0.1) is 16.0 Å². The predicted octanol–water partition coefficient (Wildman–Crippen LogP) is 1.31. The molecule has 1 heterocycles. The summed E-state index contributed by atoms with van der Waals surface area (Å²) >= 11 is 0. The first kappa shape index (κ1) is 11.5. The van der Waals surface area contributed by atoms with Gasteiger partial charge in [0.1, 0.15) is 0 Å². The first-order chi connectivity index (χ1) is 8.52. The molecule has 0 aliphatic carbocycles. The highest BCUT2D eigenvalue weighted by Crippen LogP contribution is 2.21. The molecule has 1 atom stereocenters. The quantitative estimate of drug-likeness (QED) is 0.640. The Morgan fingerprint density at radius 3 is 2.67 bits per heavy atom. The number of aromatic nitrogens is 2. The number of nitro benzene ring substituents is 1. The van der Waals surface area contributed by atoms with Crippen molar-refractivity contribution < 1.29 is 9.85 Å². The molecule has 0 saturated heterocycles. The van der Waals surface area contributed by atoms with Crippen molar-refractivity contribution in [1.82, 2.24) is 9.97 Å². The Hall–Kier alpha value is -3.02. The maximum Gasteiger partial charge on any atom is 0.353 e. The van der Waals surface area contributed by atoms with Gasteiger partial charge in [0.2, 0.25) is 0 Å². The largest absolute Gasteiger partial charge is 0.353 e. The van der Waals surface area contributed by atoms with Crippen LogP contribution in [0.5, 0.6) is 0 Å². The number of aromatic amines is 1. The van der Waals surface area contributed by atoms with E-state index in [2.05, 4.69) is 9.97 Å². The molecule has 0 unspecified atom stereocenters. The smallest absolute Gasteiger partial charge is 0.335 e. The first-order valence-corrected chi connectivity index (χ1v) is 4.70. The minimum absolute atomic E-state index is 0.141. The lowest BCUT2D eigenvalue weighted by Gasteiger charge is -1.94. The minimum Gasteiger partial charge on any atom is -0.335 e. The van der Waals surface area contributed by atoms with Gasteiger partial charge in [0.25, 0.3) is 5.69 Å². The van der Waals surface area contributed by atoms with E-state index in [1.807, 2.05) is 0 Å². The standard InChI is InChI=1S/C9H5N5O4/c10-4-8(14(17)18)9-11-6-2-1-5(13(15)16)3-7(6)12-9/h1-3,8H,(H,11,12)/t8-/m0/s1. The molecule has 90 valence electrons. The predicted molar refractivity (Wildman–Crippen MR) is 58.1 cm³/mol. The Morgan fingerprint density at radius 2 is 2.11 bits per heavy atom. The second-order valence-electron chi connectivity index (χ2n) is 3.40. The highest BCUT2D eigenvalue weighted by atomic mass is 16.6. The highest BCUT2D eigenvalue weighted by molar-refractivity contribution is 5.77. The maximum absolute atomic E-state index is 10.6. The molecule has 0 radical (unpaired) electrons. The number of nitrogens with one attached hydrogen (secondary N) is 1. The van der Waals surface area contributed by atoms with Crippen LogP contribution in [0.4, 0.5) is 5.69 Å². The van der Waals surface area contributed by atoms with Gasteiger partial charge in [0.15, 0.2) is 11.9 Å². The second kappa shape index (κ2) is 4.10. The third kappa shape index (κ3) is 1.82. The van der Waals surface area contributed by atoms with Crippen molar-refractivity contribution >= 4 is 16.7 Å². The number of nitrogens with zero attached hydrogens (tertiary/aromatic N) is 4. The van der Waals surface area contributed by atoms with Crippen LogP contribution in [-0.2, 0) is 0 Å². The van der Waals surface area contributed by atoms with Crippen LogP contribution in [0.1, 0.15) is 11.9 Å². The van der Waals surface area contributed by atoms with Crippen LogP contribution in [0.25, 0.3) is 11.0 Å². The van der Waals surface area contributed by atoms with Crippen LogP contribution in [-0.4, -0.2) is 19.8 Å². The van der Waals surface area contributed by atoms with E-state index in [4.69, 9.17) is 5.26 Å². The average molecular weight is 247 g/mol. The summed E-state index contributed by atoms with van der Waals surface area (Å²) in [5.41, 5.74) is 0.450. The van der Waals surface area contributed by atoms with Crippen LogP contribution in [0.3, 0.4) is 0 Å². The monoisotopic (exact) mass is 247 g/mol. The number of rotatable bonds is 3. The number of hydrogen-bond acceptors (Lipinski definition) is 6. The summed E-state index contributed by atoms with van der Waals surface area (Å²) in [5.74, 6) is -0.141. The van der Waals surface area contributed by atoms with E-state index in [1.165, 1.54) is 24.3 Å². The Kier molecular flexibility index (Phi) is 2.61. The van der Waals surface area contributed by atoms with Crippen LogP contribution in [0.15, 0.2) is 18.2 Å². The van der Waals surface area contributed by atoms with Crippen molar-refractivity contribution in [2.75, 3.05) is 0 Å². The van der Waals surface area contributed by atoms with E-state index in [0.29, 0.717) is 5.52 Å². The molecule has 1 aromatic heterocycles. The first-order valence-electron chi connectivity index (χ1n) is 4.70. The van der Waals surface area contributed by atoms with Gasteiger partial charge in [-0.25, -0.2) is 4.98 Å². The van der Waals surface area contributed by atoms with E-state index in [9.17, 15) is 20.2 Å². The average Bonchev–Trinajstić information content (AvgIpc) is 2.71. The Bertz CT molecular complexity index is 686. The molecule has 0 fully saturated rings. The van der Waals surface area contributed by atoms with Gasteiger partial charge in [-0.2, -0.15) is 5.26 Å². The Labute approximate surface area is 99.0 Å². The molecular weight excluding hydrogens is 242 g/mol. The van der Waals surface area contributed by atoms with Crippen LogP contribution in [0, 0.1) is 31.6 Å². The molecule has 0 bridgehead atoms. The molecule has 9 heteroatoms. The number of imidazole rings is 1. The number of hydrogen-bond donors (Lipinski definition) is 1. The molecule has 2 aromatic rings. The minimum atomic E-state index is -1.61. The lowest BCUT2D eigenvalue weighted by Crippen LogP contribution is -2.09. The lowest BCUT2D eigenvalue weighted by atomic mass is 10.3. The topological polar surface area (TPSA) is 139 Å². The molecule has 0 spiro atoms. The third-order valence-corrected chi connectivity index (χ3v) is 2.29. The zero-order valence-corrected chi connectivity index (χ0v) is 8.73. The van der Waals surface area contributed by atoms with Crippen molar-refractivity contribution in [3.8, 4) is 6.07 Å². The summed E-state index contributed by atoms with van der Waals surface area (Å²) in [6.45, 7) is 0. The Morgan fingerprint density at radius 1 is 1.39 bits per heavy atom. The highest BCUT2D eigenvalue weighted by Gasteiger charge is 2.26. The molecule has 9 nitrogen and oxygen atoms in total. The van der Waals surface area contributed by atoms with Crippen molar-refractivity contribution in [3.63, 3.8) is 0 Å². The van der Waals surface area contributed by atoms with E-state index in [0.717, 1.165) is 0 Å². The molecular formula is C9H5N5O4. The molecule has 1 N–H and O–H groups in total. The summed E-state index contributed by atoms with van der Waals surface area (Å²) in [4.78, 5) is 26.2. The fourth-order valence-corrected chi connectivity index (χ4v) is 1.47. The summed E-state index contributed by atoms with van der Waals surface area (Å²) in [6.07, 6.45) is 0. The molecule has 0 amide bonds. The molecule has 1 aromatic carbocycles. The van der Waals surface area contributed by atoms with Gasteiger partial charge >= 0.3 is 6.04 Å². The van der Waals surface area contributed by atoms with Gasteiger partial charge in [-0.05, 0) is 6.07 Å². The second-order valence-corrected chi connectivity index (χ2v) is 3.40. The summed E-state index contributed by atoms with van der Waals surface area (Å²) in [6, 6.07) is 3.68. The summed E-state index contributed by atoms with van der Waals surface area (Å²) in [5, 5.41) is 29.8. The van der Waals surface area contributed by atoms with Crippen molar-refractivity contribution in [3.05, 3.63) is 44.3 Å². The van der Waals surface area contributed by atoms with Gasteiger partial charge in [0, 0.05) is 17.1 Å². The number of nitriles is 1. The number of nitro groups is 2. The molecule has 18 heavy (non-hydrogen) atoms. The van der Waals surface area contributed by atoms with Crippen LogP contribution >= 0.6 is 0 Å². The molecule has 0 saturated carbocycles. The van der Waals surface area contributed by atoms with E-state index in [1.54, 1.807) is 0 Å². The lowest BCUT2D eigenvalue weighted by molar-refractivity contribution is -0.514. The van der Waals surface area contributed by atoms with Gasteiger partial charge in [-0.15, -0.1) is 0 Å². The van der Waals surface area contributed by atoms with Gasteiger partial charge in [-0.1, -0.05) is 0 Å². The number of H-pyrrole nitrogens is 1. The Balaban J connectivity index is 2.54. The van der Waals surface area contributed by atoms with Crippen molar-refractivity contribution in [2.24, 2.45) is 0 Å². The molecule has 2 rings (SSSR count). The molecule has 0 aliphatic rings. The van der Waals surface area contributed by atoms with Crippen molar-refractivity contribution in [1.29, 1.82) is 5.26 Å². The van der Waals surface area contributed by atoms with Crippen molar-refractivity contribution in [2.45, 2.75) is 6.04 Å². The van der Waals surface area contributed by atoms with Crippen LogP contribution < -0.4 is 0 Å². The van der Waals surface area contributed by atoms with Gasteiger partial charge < -0.3 is 4.98 Å². The van der Waals surface area contributed by atoms with Gasteiger partial charge in [-0.3, -0.25) is 20.2 Å². The van der Waals surface area contributed by atoms with E-state index >= 15 is 0 Å². The number of fused-ring (bicyclic) bond motifs is 1. The summed E-state index contributed by atoms with van der Waals surface area (Å²) < 4.78 is 0. The van der Waals surface area contributed by atoms with Crippen LogP contribution in [0.2, 0.25) is 0 Å². The normalized spacial score (nSPS) is 11.9. The van der Waals surface area contributed by atoms with E-state index in [-0.39, 0.29) is 17.0 Å².